The van der Waals surface area contributed by atoms with Gasteiger partial charge < -0.3 is 10.5 Å². The maximum absolute atomic E-state index is 12.8. The van der Waals surface area contributed by atoms with E-state index in [1.807, 2.05) is 6.92 Å². The summed E-state index contributed by atoms with van der Waals surface area (Å²) in [4.78, 5) is 0.0994. The molecule has 2 N–H and O–H groups in total. The van der Waals surface area contributed by atoms with Crippen molar-refractivity contribution in [2.24, 2.45) is 0 Å². The Morgan fingerprint density at radius 1 is 1.40 bits per heavy atom. The lowest BCUT2D eigenvalue weighted by Gasteiger charge is -2.27. The highest BCUT2D eigenvalue weighted by Crippen LogP contribution is 2.35. The van der Waals surface area contributed by atoms with Crippen molar-refractivity contribution in [2.75, 3.05) is 19.4 Å². The predicted molar refractivity (Wildman–Crippen MR) is 85.0 cm³/mol. The Hall–Kier alpha value is -0.150. The third-order valence-corrected chi connectivity index (χ3v) is 6.82. The second-order valence-electron chi connectivity index (χ2n) is 4.76. The van der Waals surface area contributed by atoms with Crippen molar-refractivity contribution in [3.63, 3.8) is 0 Å². The van der Waals surface area contributed by atoms with Crippen LogP contribution in [0.1, 0.15) is 13.3 Å². The number of rotatable bonds is 3. The van der Waals surface area contributed by atoms with E-state index in [1.54, 1.807) is 19.2 Å². The van der Waals surface area contributed by atoms with Crippen molar-refractivity contribution in [1.82, 2.24) is 4.31 Å². The smallest absolute Gasteiger partial charge is 0.246 e. The van der Waals surface area contributed by atoms with Gasteiger partial charge in [-0.3, -0.25) is 0 Å². The summed E-state index contributed by atoms with van der Waals surface area (Å²) in [5, 5.41) is 0. The van der Waals surface area contributed by atoms with Gasteiger partial charge >= 0.3 is 0 Å². The summed E-state index contributed by atoms with van der Waals surface area (Å²) in [5.41, 5.74) is 6.10. The van der Waals surface area contributed by atoms with Crippen molar-refractivity contribution >= 4 is 47.6 Å². The molecule has 2 atom stereocenters. The summed E-state index contributed by atoms with van der Waals surface area (Å²) >= 11 is 6.57. The normalized spacial score (nSPS) is 23.4. The predicted octanol–water partition coefficient (Wildman–Crippen LogP) is 2.59. The van der Waals surface area contributed by atoms with Crippen LogP contribution < -0.4 is 5.73 Å². The van der Waals surface area contributed by atoms with Crippen LogP contribution in [0, 0.1) is 0 Å². The average molecular weight is 428 g/mol. The Kier molecular flexibility index (Phi) is 4.80. The number of ether oxygens (including phenoxy) is 1. The monoisotopic (exact) mass is 426 g/mol. The molecule has 1 aromatic carbocycles. The number of benzene rings is 1. The number of nitrogens with zero attached hydrogens (tertiary/aromatic N) is 1. The number of anilines is 1. The van der Waals surface area contributed by atoms with Gasteiger partial charge in [-0.15, -0.1) is 0 Å². The molecule has 112 valence electrons. The number of sulfonamides is 1. The van der Waals surface area contributed by atoms with Gasteiger partial charge in [0.2, 0.25) is 10.0 Å². The first kappa shape index (κ1) is 16.2. The van der Waals surface area contributed by atoms with Crippen LogP contribution in [0.15, 0.2) is 26.0 Å². The minimum absolute atomic E-state index is 0.0994. The van der Waals surface area contributed by atoms with Gasteiger partial charge in [-0.05, 0) is 41.4 Å². The molecule has 1 saturated heterocycles. The van der Waals surface area contributed by atoms with Crippen molar-refractivity contribution in [1.29, 1.82) is 0 Å². The van der Waals surface area contributed by atoms with E-state index in [-0.39, 0.29) is 22.7 Å². The van der Waals surface area contributed by atoms with Gasteiger partial charge in [-0.2, -0.15) is 4.31 Å². The topological polar surface area (TPSA) is 72.6 Å². The van der Waals surface area contributed by atoms with E-state index in [9.17, 15) is 8.42 Å². The summed E-state index contributed by atoms with van der Waals surface area (Å²) in [6.07, 6.45) is 0.565. The minimum Gasteiger partial charge on any atom is -0.398 e. The molecule has 1 fully saturated rings. The fourth-order valence-corrected chi connectivity index (χ4v) is 5.83. The Morgan fingerprint density at radius 2 is 2.05 bits per heavy atom. The molecule has 8 heteroatoms. The molecule has 0 spiro atoms. The summed E-state index contributed by atoms with van der Waals surface area (Å²) in [7, 11) is -2.10. The van der Waals surface area contributed by atoms with Gasteiger partial charge in [-0.25, -0.2) is 8.42 Å². The maximum atomic E-state index is 12.8. The first-order chi connectivity index (χ1) is 9.25. The lowest BCUT2D eigenvalue weighted by atomic mass is 10.2. The zero-order valence-corrected chi connectivity index (χ0v) is 15.1. The van der Waals surface area contributed by atoms with E-state index in [2.05, 4.69) is 31.9 Å². The van der Waals surface area contributed by atoms with Crippen molar-refractivity contribution < 1.29 is 13.2 Å². The molecule has 1 aliphatic rings. The third kappa shape index (κ3) is 2.89. The quantitative estimate of drug-likeness (QED) is 0.752. The second-order valence-corrected chi connectivity index (χ2v) is 8.46. The molecule has 20 heavy (non-hydrogen) atoms. The molecular weight excluding hydrogens is 412 g/mol. The zero-order valence-electron chi connectivity index (χ0n) is 11.1. The molecule has 1 aliphatic heterocycles. The Bertz CT molecular complexity index is 598. The first-order valence-corrected chi connectivity index (χ1v) is 9.12. The number of hydrogen-bond donors (Lipinski definition) is 1. The summed E-state index contributed by atoms with van der Waals surface area (Å²) in [6, 6.07) is 3.08. The van der Waals surface area contributed by atoms with Crippen molar-refractivity contribution in [3.05, 3.63) is 21.1 Å². The van der Waals surface area contributed by atoms with Gasteiger partial charge in [0, 0.05) is 22.6 Å². The van der Waals surface area contributed by atoms with Gasteiger partial charge in [0.25, 0.3) is 0 Å². The molecule has 1 heterocycles. The first-order valence-electron chi connectivity index (χ1n) is 6.09. The second kappa shape index (κ2) is 5.92. The molecule has 0 aromatic heterocycles. The van der Waals surface area contributed by atoms with Crippen LogP contribution in [0.2, 0.25) is 0 Å². The van der Waals surface area contributed by atoms with Gasteiger partial charge in [0.1, 0.15) is 4.90 Å². The van der Waals surface area contributed by atoms with E-state index < -0.39 is 10.0 Å². The maximum Gasteiger partial charge on any atom is 0.246 e. The fraction of sp³-hybridized carbons (Fsp3) is 0.500. The number of nitrogen functional groups attached to an aromatic ring is 1. The summed E-state index contributed by atoms with van der Waals surface area (Å²) in [5.74, 6) is 0. The molecule has 2 rings (SSSR count). The molecule has 0 radical (unpaired) electrons. The number of hydrogen-bond acceptors (Lipinski definition) is 4. The van der Waals surface area contributed by atoms with Crippen LogP contribution in [0.5, 0.6) is 0 Å². The van der Waals surface area contributed by atoms with Gasteiger partial charge in [0.15, 0.2) is 0 Å². The van der Waals surface area contributed by atoms with Crippen molar-refractivity contribution in [3.8, 4) is 0 Å². The SMILES string of the molecule is CC1OCCC1N(C)S(=O)(=O)c1c(N)cc(Br)cc1Br. The molecular formula is C12H16Br2N2O3S. The highest BCUT2D eigenvalue weighted by Gasteiger charge is 2.37. The fourth-order valence-electron chi connectivity index (χ4n) is 2.37. The molecule has 2 unspecified atom stereocenters. The van der Waals surface area contributed by atoms with E-state index in [0.717, 1.165) is 4.47 Å². The van der Waals surface area contributed by atoms with Crippen LogP contribution in [-0.2, 0) is 14.8 Å². The molecule has 1 aromatic rings. The van der Waals surface area contributed by atoms with Crippen LogP contribution >= 0.6 is 31.9 Å². The van der Waals surface area contributed by atoms with E-state index in [0.29, 0.717) is 17.5 Å². The molecule has 0 saturated carbocycles. The van der Waals surface area contributed by atoms with Crippen LogP contribution in [-0.4, -0.2) is 38.5 Å². The Morgan fingerprint density at radius 3 is 2.55 bits per heavy atom. The minimum atomic E-state index is -3.67. The van der Waals surface area contributed by atoms with Crippen molar-refractivity contribution in [2.45, 2.75) is 30.4 Å². The number of nitrogens with two attached hydrogens (primary N) is 1. The van der Waals surface area contributed by atoms with Gasteiger partial charge in [0.05, 0.1) is 17.8 Å². The average Bonchev–Trinajstić information content (AvgIpc) is 2.72. The van der Waals surface area contributed by atoms with E-state index in [1.165, 1.54) is 4.31 Å². The lowest BCUT2D eigenvalue weighted by Crippen LogP contribution is -2.41. The summed E-state index contributed by atoms with van der Waals surface area (Å²) in [6.45, 7) is 2.45. The number of likely N-dealkylation sites (N-methyl/N-ethyl adjacent to an activating group) is 1. The van der Waals surface area contributed by atoms with E-state index in [4.69, 9.17) is 10.5 Å². The van der Waals surface area contributed by atoms with E-state index >= 15 is 0 Å². The molecule has 0 amide bonds. The molecule has 5 nitrogen and oxygen atoms in total. The van der Waals surface area contributed by atoms with Crippen LogP contribution in [0.3, 0.4) is 0 Å². The Labute approximate surface area is 135 Å². The third-order valence-electron chi connectivity index (χ3n) is 3.48. The van der Waals surface area contributed by atoms with Crippen LogP contribution in [0.25, 0.3) is 0 Å². The Balaban J connectivity index is 2.45. The largest absolute Gasteiger partial charge is 0.398 e. The lowest BCUT2D eigenvalue weighted by molar-refractivity contribution is 0.102. The number of halogens is 2. The van der Waals surface area contributed by atoms with Crippen LogP contribution in [0.4, 0.5) is 5.69 Å². The highest BCUT2D eigenvalue weighted by atomic mass is 79.9. The standard InChI is InChI=1S/C12H16Br2N2O3S/c1-7-11(3-4-19-7)16(2)20(17,18)12-9(14)5-8(13)6-10(12)15/h5-7,11H,3-4,15H2,1-2H3. The zero-order chi connectivity index (χ0) is 15.1. The summed E-state index contributed by atoms with van der Waals surface area (Å²) < 4.78 is 33.5. The van der Waals surface area contributed by atoms with Gasteiger partial charge in [-0.1, -0.05) is 15.9 Å². The molecule has 0 bridgehead atoms. The highest BCUT2D eigenvalue weighted by molar-refractivity contribution is 9.11. The molecule has 0 aliphatic carbocycles.